The van der Waals surface area contributed by atoms with Crippen molar-refractivity contribution in [2.45, 2.75) is 26.2 Å². The molecule has 4 rings (SSSR count). The van der Waals surface area contributed by atoms with Crippen LogP contribution in [0, 0.1) is 11.2 Å². The summed E-state index contributed by atoms with van der Waals surface area (Å²) in [5, 5.41) is 15.5. The molecule has 0 atom stereocenters. The van der Waals surface area contributed by atoms with Gasteiger partial charge < -0.3 is 10.4 Å². The molecular formula is C19H15N3O2S. The number of phenolic OH excluding ortho intramolecular Hbond substituents is 1. The Morgan fingerprint density at radius 2 is 2.16 bits per heavy atom. The molecule has 1 aromatic heterocycles. The van der Waals surface area contributed by atoms with E-state index in [0.717, 1.165) is 40.3 Å². The Morgan fingerprint density at radius 3 is 2.92 bits per heavy atom. The molecule has 0 unspecified atom stereocenters. The van der Waals surface area contributed by atoms with Crippen LogP contribution in [0.4, 0.5) is 5.82 Å². The van der Waals surface area contributed by atoms with Gasteiger partial charge in [-0.25, -0.2) is 9.97 Å². The fraction of sp³-hybridized carbons (Fsp3) is 0.211. The van der Waals surface area contributed by atoms with E-state index in [-0.39, 0.29) is 11.7 Å². The highest BCUT2D eigenvalue weighted by atomic mass is 32.2. The molecule has 1 aliphatic carbocycles. The van der Waals surface area contributed by atoms with E-state index in [4.69, 9.17) is 9.97 Å². The second kappa shape index (κ2) is 6.26. The topological polar surface area (TPSA) is 75.1 Å². The van der Waals surface area contributed by atoms with Gasteiger partial charge in [0.15, 0.2) is 5.82 Å². The van der Waals surface area contributed by atoms with Crippen molar-refractivity contribution in [3.63, 3.8) is 0 Å². The Labute approximate surface area is 149 Å². The molecule has 124 valence electrons. The zero-order chi connectivity index (χ0) is 17.4. The maximum atomic E-state index is 11.6. The molecule has 1 aliphatic heterocycles. The molecule has 0 spiro atoms. The van der Waals surface area contributed by atoms with Gasteiger partial charge in [-0.2, -0.15) is 0 Å². The lowest BCUT2D eigenvalue weighted by Gasteiger charge is -2.21. The van der Waals surface area contributed by atoms with Gasteiger partial charge in [0.2, 0.25) is 5.91 Å². The molecular weight excluding hydrogens is 334 g/mol. The number of phenols is 1. The molecule has 5 nitrogen and oxygen atoms in total. The smallest absolute Gasteiger partial charge is 0.222 e. The average Bonchev–Trinajstić information content (AvgIpc) is 2.61. The molecule has 0 radical (unpaired) electrons. The summed E-state index contributed by atoms with van der Waals surface area (Å²) in [6, 6.07) is 5.32. The number of carbonyl (C=O) groups excluding carboxylic acids is 1. The van der Waals surface area contributed by atoms with Gasteiger partial charge in [0.05, 0.1) is 11.4 Å². The highest BCUT2D eigenvalue weighted by Gasteiger charge is 2.24. The summed E-state index contributed by atoms with van der Waals surface area (Å²) in [7, 11) is 0. The van der Waals surface area contributed by atoms with Crippen LogP contribution in [0.3, 0.4) is 0 Å². The largest absolute Gasteiger partial charge is 0.508 e. The summed E-state index contributed by atoms with van der Waals surface area (Å²) in [5.74, 6) is 3.56. The van der Waals surface area contributed by atoms with E-state index in [9.17, 15) is 9.90 Å². The van der Waals surface area contributed by atoms with Crippen LogP contribution < -0.4 is 5.32 Å². The first-order chi connectivity index (χ1) is 12.1. The summed E-state index contributed by atoms with van der Waals surface area (Å²) in [5.41, 5.74) is 4.36. The number of amides is 1. The number of nitrogens with zero attached hydrogens (tertiary/aromatic N) is 2. The minimum atomic E-state index is -0.177. The van der Waals surface area contributed by atoms with Crippen LogP contribution in [0.5, 0.6) is 5.75 Å². The fourth-order valence-corrected chi connectivity index (χ4v) is 3.69. The van der Waals surface area contributed by atoms with E-state index in [1.54, 1.807) is 12.1 Å². The Kier molecular flexibility index (Phi) is 3.94. The molecule has 6 heteroatoms. The average molecular weight is 349 g/mol. The number of hydrogen-bond acceptors (Lipinski definition) is 5. The van der Waals surface area contributed by atoms with E-state index < -0.39 is 0 Å². The quantitative estimate of drug-likeness (QED) is 0.813. The first kappa shape index (κ1) is 15.7. The number of benzene rings is 1. The minimum Gasteiger partial charge on any atom is -0.508 e. The molecule has 2 aliphatic rings. The second-order valence-corrected chi connectivity index (χ2v) is 6.74. The van der Waals surface area contributed by atoms with Crippen LogP contribution in [0.15, 0.2) is 24.3 Å². The Hall–Kier alpha value is -2.78. The molecule has 1 aromatic carbocycles. The lowest BCUT2D eigenvalue weighted by molar-refractivity contribution is -0.114. The number of aromatic hydroxyl groups is 1. The highest BCUT2D eigenvalue weighted by molar-refractivity contribution is 8.12. The van der Waals surface area contributed by atoms with Crippen LogP contribution in [0.1, 0.15) is 30.3 Å². The molecule has 25 heavy (non-hydrogen) atoms. The van der Waals surface area contributed by atoms with Gasteiger partial charge in [-0.15, -0.1) is 0 Å². The van der Waals surface area contributed by atoms with E-state index in [2.05, 4.69) is 16.5 Å². The van der Waals surface area contributed by atoms with Crippen LogP contribution in [-0.4, -0.2) is 21.0 Å². The van der Waals surface area contributed by atoms with Crippen molar-refractivity contribution in [3.05, 3.63) is 41.2 Å². The molecule has 2 aromatic rings. The van der Waals surface area contributed by atoms with Gasteiger partial charge >= 0.3 is 0 Å². The third kappa shape index (κ3) is 2.99. The fourth-order valence-electron chi connectivity index (χ4n) is 3.02. The molecule has 1 amide bonds. The van der Waals surface area contributed by atoms with Gasteiger partial charge in [-0.05, 0) is 53.6 Å². The molecule has 0 saturated heterocycles. The number of thioether (sulfide) groups is 1. The van der Waals surface area contributed by atoms with Crippen LogP contribution in [0.2, 0.25) is 0 Å². The van der Waals surface area contributed by atoms with Gasteiger partial charge in [-0.1, -0.05) is 12.0 Å². The Morgan fingerprint density at radius 1 is 1.28 bits per heavy atom. The van der Waals surface area contributed by atoms with Crippen molar-refractivity contribution in [1.82, 2.24) is 9.97 Å². The Balaban J connectivity index is 1.89. The number of anilines is 1. The number of carbonyl (C=O) groups is 1. The van der Waals surface area contributed by atoms with E-state index in [1.807, 2.05) is 12.1 Å². The first-order valence-corrected chi connectivity index (χ1v) is 8.79. The van der Waals surface area contributed by atoms with Crippen LogP contribution >= 0.6 is 11.8 Å². The number of allylic oxidation sites excluding steroid dienone is 1. The predicted molar refractivity (Wildman–Crippen MR) is 98.8 cm³/mol. The normalized spacial score (nSPS) is 14.5. The summed E-state index contributed by atoms with van der Waals surface area (Å²) in [4.78, 5) is 22.0. The number of hydrogen-bond donors (Lipinski definition) is 2. The van der Waals surface area contributed by atoms with Crippen molar-refractivity contribution in [2.75, 3.05) is 5.32 Å². The molecule has 2 N–H and O–H groups in total. The van der Waals surface area contributed by atoms with Crippen molar-refractivity contribution < 1.29 is 9.90 Å². The number of nitrogens with one attached hydrogen (secondary N) is 1. The lowest BCUT2D eigenvalue weighted by Crippen LogP contribution is -2.16. The van der Waals surface area contributed by atoms with Crippen LogP contribution in [-0.2, 0) is 17.6 Å². The van der Waals surface area contributed by atoms with E-state index >= 15 is 0 Å². The first-order valence-electron chi connectivity index (χ1n) is 7.98. The van der Waals surface area contributed by atoms with Gasteiger partial charge in [0.25, 0.3) is 0 Å². The standard InChI is InChI=1S/C19H15N3O2S/c1-11(23)20-19-18(16-4-2-3-9-25-16)22-17-14-7-6-13(24)10-12(14)5-8-15(17)21-19/h4,6-7,10,24H,2,5,8H2,1H3,(H,20,21,23). The van der Waals surface area contributed by atoms with Gasteiger partial charge in [-0.3, -0.25) is 4.79 Å². The summed E-state index contributed by atoms with van der Waals surface area (Å²) >= 11 is 1.40. The Bertz CT molecular complexity index is 986. The summed E-state index contributed by atoms with van der Waals surface area (Å²) in [6.45, 7) is 1.46. The maximum Gasteiger partial charge on any atom is 0.222 e. The number of aromatic nitrogens is 2. The predicted octanol–water partition coefficient (Wildman–Crippen LogP) is 3.34. The van der Waals surface area contributed by atoms with Gasteiger partial charge in [0, 0.05) is 23.8 Å². The van der Waals surface area contributed by atoms with Crippen molar-refractivity contribution in [3.8, 4) is 28.2 Å². The van der Waals surface area contributed by atoms with E-state index in [0.29, 0.717) is 17.9 Å². The zero-order valence-electron chi connectivity index (χ0n) is 13.6. The second-order valence-electron chi connectivity index (χ2n) is 5.89. The van der Waals surface area contributed by atoms with Crippen molar-refractivity contribution in [2.24, 2.45) is 0 Å². The van der Waals surface area contributed by atoms with Crippen molar-refractivity contribution >= 4 is 28.4 Å². The zero-order valence-corrected chi connectivity index (χ0v) is 14.4. The minimum absolute atomic E-state index is 0.177. The number of rotatable bonds is 2. The van der Waals surface area contributed by atoms with Crippen LogP contribution in [0.25, 0.3) is 16.2 Å². The molecule has 0 saturated carbocycles. The summed E-state index contributed by atoms with van der Waals surface area (Å²) in [6.07, 6.45) is 4.17. The monoisotopic (exact) mass is 349 g/mol. The van der Waals surface area contributed by atoms with Gasteiger partial charge in [0.1, 0.15) is 11.4 Å². The summed E-state index contributed by atoms with van der Waals surface area (Å²) < 4.78 is 0. The van der Waals surface area contributed by atoms with E-state index in [1.165, 1.54) is 18.7 Å². The SMILES string of the molecule is CC(=O)Nc1nc2c(nc1C1=CCC#CS1)-c1ccc(O)cc1CC2. The highest BCUT2D eigenvalue weighted by Crippen LogP contribution is 2.38. The van der Waals surface area contributed by atoms with Crippen molar-refractivity contribution in [1.29, 1.82) is 0 Å². The molecule has 2 heterocycles. The lowest BCUT2D eigenvalue weighted by atomic mass is 9.91. The maximum absolute atomic E-state index is 11.6. The third-order valence-electron chi connectivity index (χ3n) is 4.09. The number of fused-ring (bicyclic) bond motifs is 3. The molecule has 0 bridgehead atoms. The number of aryl methyl sites for hydroxylation is 2. The molecule has 0 fully saturated rings. The third-order valence-corrected chi connectivity index (χ3v) is 4.92.